The van der Waals surface area contributed by atoms with Crippen LogP contribution >= 0.6 is 11.3 Å². The van der Waals surface area contributed by atoms with E-state index in [1.54, 1.807) is 6.92 Å². The molecule has 1 aliphatic rings. The summed E-state index contributed by atoms with van der Waals surface area (Å²) in [6.45, 7) is 5.71. The highest BCUT2D eigenvalue weighted by molar-refractivity contribution is 7.11. The summed E-state index contributed by atoms with van der Waals surface area (Å²) >= 11 is 1.44. The molecule has 146 valence electrons. The minimum absolute atomic E-state index is 0.247. The molecule has 0 saturated carbocycles. The molecule has 4 rings (SSSR count). The van der Waals surface area contributed by atoms with Crippen molar-refractivity contribution in [3.05, 3.63) is 49.3 Å². The molecule has 1 atom stereocenters. The van der Waals surface area contributed by atoms with E-state index in [4.69, 9.17) is 9.15 Å². The predicted octanol–water partition coefficient (Wildman–Crippen LogP) is 2.83. The van der Waals surface area contributed by atoms with Gasteiger partial charge in [0.2, 0.25) is 0 Å². The third-order valence-corrected chi connectivity index (χ3v) is 5.83. The molecular weight excluding hydrogens is 378 g/mol. The van der Waals surface area contributed by atoms with Crippen molar-refractivity contribution < 1.29 is 13.9 Å². The van der Waals surface area contributed by atoms with Crippen molar-refractivity contribution in [3.63, 3.8) is 0 Å². The Kier molecular flexibility index (Phi) is 4.89. The lowest BCUT2D eigenvalue weighted by atomic mass is 10.0. The molecule has 28 heavy (non-hydrogen) atoms. The number of carbonyl (C=O) groups excluding carboxylic acids is 1. The van der Waals surface area contributed by atoms with Gasteiger partial charge in [0, 0.05) is 16.5 Å². The second-order valence-corrected chi connectivity index (χ2v) is 8.22. The number of carbonyl (C=O) groups is 1. The third-order valence-electron chi connectivity index (χ3n) is 4.99. The molecule has 1 unspecified atom stereocenters. The van der Waals surface area contributed by atoms with Crippen molar-refractivity contribution >= 4 is 28.2 Å². The van der Waals surface area contributed by atoms with Crippen LogP contribution in [0, 0.1) is 13.8 Å². The van der Waals surface area contributed by atoms with E-state index in [-0.39, 0.29) is 11.5 Å². The Morgan fingerprint density at radius 2 is 2.07 bits per heavy atom. The van der Waals surface area contributed by atoms with Crippen LogP contribution in [0.25, 0.3) is 11.0 Å². The number of hydrogen-bond acceptors (Lipinski definition) is 7. The Labute approximate surface area is 165 Å². The lowest BCUT2D eigenvalue weighted by Crippen LogP contribution is -2.36. The lowest BCUT2D eigenvalue weighted by Gasteiger charge is -2.17. The number of aromatic nitrogens is 2. The average Bonchev–Trinajstić information content (AvgIpc) is 3.32. The molecule has 3 aromatic rings. The van der Waals surface area contributed by atoms with Crippen LogP contribution in [0.2, 0.25) is 0 Å². The van der Waals surface area contributed by atoms with Crippen LogP contribution in [0.15, 0.2) is 21.3 Å². The minimum atomic E-state index is -0.702. The fraction of sp³-hybridized carbons (Fsp3) is 0.400. The van der Waals surface area contributed by atoms with E-state index in [9.17, 15) is 9.59 Å². The average molecular weight is 399 g/mol. The fourth-order valence-electron chi connectivity index (χ4n) is 3.55. The summed E-state index contributed by atoms with van der Waals surface area (Å²) in [5.41, 5.74) is 2.88. The highest BCUT2D eigenvalue weighted by Crippen LogP contribution is 2.33. The second-order valence-electron chi connectivity index (χ2n) is 6.96. The summed E-state index contributed by atoms with van der Waals surface area (Å²) in [4.78, 5) is 24.6. The molecule has 7 nitrogen and oxygen atoms in total. The maximum Gasteiger partial charge on any atom is 0.339 e. The van der Waals surface area contributed by atoms with E-state index in [0.717, 1.165) is 51.4 Å². The number of aryl methyl sites for hydroxylation is 3. The van der Waals surface area contributed by atoms with Gasteiger partial charge in [0.1, 0.15) is 21.3 Å². The zero-order valence-electron chi connectivity index (χ0n) is 16.0. The van der Waals surface area contributed by atoms with Gasteiger partial charge in [-0.2, -0.15) is 0 Å². The molecule has 1 N–H and O–H groups in total. The van der Waals surface area contributed by atoms with Crippen LogP contribution < -0.4 is 15.7 Å². The minimum Gasteiger partial charge on any atom is -0.480 e. The molecule has 0 spiro atoms. The smallest absolute Gasteiger partial charge is 0.339 e. The number of amides is 1. The summed E-state index contributed by atoms with van der Waals surface area (Å²) in [6, 6.07) is 3.76. The Morgan fingerprint density at radius 3 is 2.82 bits per heavy atom. The van der Waals surface area contributed by atoms with E-state index < -0.39 is 6.10 Å². The quantitative estimate of drug-likeness (QED) is 0.663. The first-order chi connectivity index (χ1) is 13.4. The predicted molar refractivity (Wildman–Crippen MR) is 106 cm³/mol. The highest BCUT2D eigenvalue weighted by atomic mass is 32.1. The summed E-state index contributed by atoms with van der Waals surface area (Å²) in [6.07, 6.45) is 1.94. The van der Waals surface area contributed by atoms with Crippen LogP contribution in [0.5, 0.6) is 5.75 Å². The van der Waals surface area contributed by atoms with Crippen molar-refractivity contribution in [1.82, 2.24) is 15.5 Å². The van der Waals surface area contributed by atoms with Gasteiger partial charge >= 0.3 is 5.63 Å². The maximum atomic E-state index is 12.4. The van der Waals surface area contributed by atoms with E-state index in [1.165, 1.54) is 11.3 Å². The van der Waals surface area contributed by atoms with Gasteiger partial charge in [0.05, 0.1) is 6.54 Å². The Morgan fingerprint density at radius 1 is 1.29 bits per heavy atom. The van der Waals surface area contributed by atoms with Gasteiger partial charge < -0.3 is 14.5 Å². The molecule has 1 amide bonds. The van der Waals surface area contributed by atoms with Crippen molar-refractivity contribution in [2.45, 2.75) is 52.7 Å². The fourth-order valence-corrected chi connectivity index (χ4v) is 4.20. The Balaban J connectivity index is 1.52. The first-order valence-electron chi connectivity index (χ1n) is 9.25. The van der Waals surface area contributed by atoms with Crippen molar-refractivity contribution in [1.29, 1.82) is 0 Å². The molecule has 8 heteroatoms. The Bertz CT molecular complexity index is 1120. The molecule has 2 aromatic heterocycles. The number of benzene rings is 1. The zero-order chi connectivity index (χ0) is 19.8. The van der Waals surface area contributed by atoms with Gasteiger partial charge in [0.15, 0.2) is 6.10 Å². The maximum absolute atomic E-state index is 12.4. The molecule has 0 saturated heterocycles. The van der Waals surface area contributed by atoms with Crippen molar-refractivity contribution in [2.75, 3.05) is 0 Å². The SMILES string of the molecule is Cc1nnc(CNC(=O)C(C)Oc2ccc3c4c(c(=O)oc3c2C)CCC4)s1. The van der Waals surface area contributed by atoms with Gasteiger partial charge in [-0.15, -0.1) is 10.2 Å². The van der Waals surface area contributed by atoms with Crippen LogP contribution in [0.4, 0.5) is 0 Å². The van der Waals surface area contributed by atoms with E-state index in [0.29, 0.717) is 17.9 Å². The topological polar surface area (TPSA) is 94.3 Å². The first-order valence-corrected chi connectivity index (χ1v) is 10.1. The largest absolute Gasteiger partial charge is 0.480 e. The van der Waals surface area contributed by atoms with E-state index >= 15 is 0 Å². The monoisotopic (exact) mass is 399 g/mol. The molecule has 0 aliphatic heterocycles. The Hall–Kier alpha value is -2.74. The summed E-state index contributed by atoms with van der Waals surface area (Å²) in [5, 5.41) is 13.3. The number of hydrogen-bond donors (Lipinski definition) is 1. The molecule has 1 aliphatic carbocycles. The molecule has 0 bridgehead atoms. The second kappa shape index (κ2) is 7.35. The summed E-state index contributed by atoms with van der Waals surface area (Å²) < 4.78 is 11.4. The molecule has 0 radical (unpaired) electrons. The van der Waals surface area contributed by atoms with Gasteiger partial charge in [0.25, 0.3) is 5.91 Å². The van der Waals surface area contributed by atoms with Crippen molar-refractivity contribution in [2.24, 2.45) is 0 Å². The summed E-state index contributed by atoms with van der Waals surface area (Å²) in [7, 11) is 0. The number of ether oxygens (including phenoxy) is 1. The number of nitrogens with zero attached hydrogens (tertiary/aromatic N) is 2. The molecular formula is C20H21N3O4S. The van der Waals surface area contributed by atoms with E-state index in [1.807, 2.05) is 26.0 Å². The van der Waals surface area contributed by atoms with Gasteiger partial charge in [-0.25, -0.2) is 4.79 Å². The van der Waals surface area contributed by atoms with Gasteiger partial charge in [-0.1, -0.05) is 11.3 Å². The van der Waals surface area contributed by atoms with Crippen LogP contribution in [-0.2, 0) is 24.2 Å². The zero-order valence-corrected chi connectivity index (χ0v) is 16.8. The van der Waals surface area contributed by atoms with E-state index in [2.05, 4.69) is 15.5 Å². The third kappa shape index (κ3) is 3.40. The summed E-state index contributed by atoms with van der Waals surface area (Å²) in [5.74, 6) is 0.283. The lowest BCUT2D eigenvalue weighted by molar-refractivity contribution is -0.127. The molecule has 0 fully saturated rings. The van der Waals surface area contributed by atoms with Crippen LogP contribution in [0.3, 0.4) is 0 Å². The highest BCUT2D eigenvalue weighted by Gasteiger charge is 2.22. The molecule has 1 aromatic carbocycles. The van der Waals surface area contributed by atoms with Gasteiger partial charge in [-0.05, 0) is 57.7 Å². The van der Waals surface area contributed by atoms with Crippen LogP contribution in [0.1, 0.15) is 40.1 Å². The standard InChI is InChI=1S/C20H21N3O4S/c1-10-16(26-11(2)19(24)21-9-17-23-22-12(3)28-17)8-7-14-13-5-4-6-15(13)20(25)27-18(10)14/h7-8,11H,4-6,9H2,1-3H3,(H,21,24). The number of fused-ring (bicyclic) bond motifs is 3. The normalized spacial score (nSPS) is 14.1. The van der Waals surface area contributed by atoms with Gasteiger partial charge in [-0.3, -0.25) is 4.79 Å². The van der Waals surface area contributed by atoms with Crippen molar-refractivity contribution in [3.8, 4) is 5.75 Å². The first kappa shape index (κ1) is 18.6. The van der Waals surface area contributed by atoms with Crippen LogP contribution in [-0.4, -0.2) is 22.2 Å². The molecule has 2 heterocycles. The number of rotatable bonds is 5. The number of nitrogens with one attached hydrogen (secondary N) is 1.